The third-order valence-electron chi connectivity index (χ3n) is 3.26. The Morgan fingerprint density at radius 1 is 1.43 bits per heavy atom. The number of nitrogens with two attached hydrogens (primary N) is 1. The molecule has 1 aromatic carbocycles. The zero-order chi connectivity index (χ0) is 15.5. The first kappa shape index (κ1) is 19.8. The van der Waals surface area contributed by atoms with Crippen molar-refractivity contribution in [1.29, 1.82) is 0 Å². The molecule has 1 rings (SSSR count). The number of likely N-dealkylation sites (N-methyl/N-ethyl adjacent to an activating group) is 1. The summed E-state index contributed by atoms with van der Waals surface area (Å²) in [7, 11) is -2.38. The van der Waals surface area contributed by atoms with E-state index in [4.69, 9.17) is 5.73 Å². The van der Waals surface area contributed by atoms with Gasteiger partial charge < -0.3 is 5.73 Å². The number of non-ortho nitro benzene ring substituents is 1. The third kappa shape index (κ3) is 4.13. The van der Waals surface area contributed by atoms with E-state index in [1.54, 1.807) is 13.8 Å². The van der Waals surface area contributed by atoms with E-state index in [1.165, 1.54) is 19.2 Å². The van der Waals surface area contributed by atoms with Crippen molar-refractivity contribution in [3.63, 3.8) is 0 Å². The minimum atomic E-state index is -3.80. The van der Waals surface area contributed by atoms with Crippen LogP contribution in [-0.2, 0) is 16.4 Å². The molecule has 0 aliphatic heterocycles. The summed E-state index contributed by atoms with van der Waals surface area (Å²) in [5.41, 5.74) is 5.79. The second kappa shape index (κ2) is 7.69. The lowest BCUT2D eigenvalue weighted by Crippen LogP contribution is -2.40. The van der Waals surface area contributed by atoms with Gasteiger partial charge >= 0.3 is 0 Å². The Morgan fingerprint density at radius 3 is 2.43 bits per heavy atom. The lowest BCUT2D eigenvalue weighted by Gasteiger charge is -2.24. The largest absolute Gasteiger partial charge is 0.329 e. The fourth-order valence-electron chi connectivity index (χ4n) is 1.73. The van der Waals surface area contributed by atoms with Crippen LogP contribution < -0.4 is 5.73 Å². The second-order valence-electron chi connectivity index (χ2n) is 4.51. The van der Waals surface area contributed by atoms with E-state index < -0.39 is 14.9 Å². The van der Waals surface area contributed by atoms with Crippen molar-refractivity contribution in [1.82, 2.24) is 4.31 Å². The van der Waals surface area contributed by atoms with Crippen LogP contribution in [0.3, 0.4) is 0 Å². The van der Waals surface area contributed by atoms with Crippen LogP contribution in [0.4, 0.5) is 5.69 Å². The van der Waals surface area contributed by atoms with Crippen LogP contribution in [0.5, 0.6) is 0 Å². The molecule has 0 fully saturated rings. The number of benzene rings is 1. The zero-order valence-corrected chi connectivity index (χ0v) is 13.8. The van der Waals surface area contributed by atoms with Gasteiger partial charge in [-0.05, 0) is 18.9 Å². The molecular formula is C12H20ClN3O4S. The topological polar surface area (TPSA) is 107 Å². The highest BCUT2D eigenvalue weighted by molar-refractivity contribution is 7.89. The highest BCUT2D eigenvalue weighted by atomic mass is 35.5. The molecule has 0 spiro atoms. The maximum absolute atomic E-state index is 12.5. The Balaban J connectivity index is 0.00000400. The van der Waals surface area contributed by atoms with Crippen LogP contribution >= 0.6 is 12.4 Å². The summed E-state index contributed by atoms with van der Waals surface area (Å²) < 4.78 is 26.2. The predicted octanol–water partition coefficient (Wildman–Crippen LogP) is 1.55. The molecule has 1 atom stereocenters. The number of halogens is 1. The second-order valence-corrected chi connectivity index (χ2v) is 6.47. The fourth-order valence-corrected chi connectivity index (χ4v) is 3.41. The van der Waals surface area contributed by atoms with E-state index in [-0.39, 0.29) is 35.6 Å². The normalized spacial score (nSPS) is 12.8. The Kier molecular flexibility index (Phi) is 7.25. The standard InChI is InChI=1S/C12H19N3O4S.ClH/c1-4-10-5-6-11(15(16)17)7-12(10)20(18,19)14(3)9(2)8-13;/h5-7,9H,4,8,13H2,1-3H3;1H. The molecule has 21 heavy (non-hydrogen) atoms. The number of sulfonamides is 1. The summed E-state index contributed by atoms with van der Waals surface area (Å²) in [6.07, 6.45) is 0.470. The summed E-state index contributed by atoms with van der Waals surface area (Å²) in [4.78, 5) is 10.2. The minimum absolute atomic E-state index is 0. The molecule has 0 saturated carbocycles. The van der Waals surface area contributed by atoms with Gasteiger partial charge in [0, 0.05) is 31.8 Å². The average molecular weight is 338 g/mol. The monoisotopic (exact) mass is 337 g/mol. The van der Waals surface area contributed by atoms with Crippen molar-refractivity contribution in [2.24, 2.45) is 5.73 Å². The average Bonchev–Trinajstić information content (AvgIpc) is 2.44. The number of nitrogens with zero attached hydrogens (tertiary/aromatic N) is 2. The van der Waals surface area contributed by atoms with Crippen molar-refractivity contribution in [3.8, 4) is 0 Å². The van der Waals surface area contributed by atoms with Crippen LogP contribution in [0.2, 0.25) is 0 Å². The molecule has 9 heteroatoms. The Hall–Kier alpha value is -1.22. The van der Waals surface area contributed by atoms with E-state index in [2.05, 4.69) is 0 Å². The van der Waals surface area contributed by atoms with Crippen LogP contribution in [0, 0.1) is 10.1 Å². The molecule has 0 saturated heterocycles. The van der Waals surface area contributed by atoms with Gasteiger partial charge in [0.15, 0.2) is 0 Å². The SMILES string of the molecule is CCc1ccc([N+](=O)[O-])cc1S(=O)(=O)N(C)C(C)CN.Cl. The first-order valence-electron chi connectivity index (χ1n) is 6.21. The maximum Gasteiger partial charge on any atom is 0.270 e. The minimum Gasteiger partial charge on any atom is -0.329 e. The summed E-state index contributed by atoms with van der Waals surface area (Å²) in [5, 5.41) is 10.8. The number of hydrogen-bond acceptors (Lipinski definition) is 5. The first-order chi connectivity index (χ1) is 9.25. The molecule has 0 aromatic heterocycles. The van der Waals surface area contributed by atoms with Gasteiger partial charge in [-0.15, -0.1) is 12.4 Å². The molecule has 0 radical (unpaired) electrons. The van der Waals surface area contributed by atoms with Crippen LogP contribution in [-0.4, -0.2) is 37.3 Å². The van der Waals surface area contributed by atoms with E-state index in [9.17, 15) is 18.5 Å². The summed E-state index contributed by atoms with van der Waals surface area (Å²) in [5.74, 6) is 0. The highest BCUT2D eigenvalue weighted by Gasteiger charge is 2.28. The molecule has 0 bridgehead atoms. The van der Waals surface area contributed by atoms with Crippen molar-refractivity contribution in [2.45, 2.75) is 31.2 Å². The van der Waals surface area contributed by atoms with Gasteiger partial charge in [-0.2, -0.15) is 4.31 Å². The fraction of sp³-hybridized carbons (Fsp3) is 0.500. The molecule has 0 aliphatic rings. The van der Waals surface area contributed by atoms with Gasteiger partial charge in [-0.3, -0.25) is 10.1 Å². The number of nitro benzene ring substituents is 1. The van der Waals surface area contributed by atoms with Crippen LogP contribution in [0.1, 0.15) is 19.4 Å². The molecule has 1 aromatic rings. The number of rotatable bonds is 6. The molecule has 1 unspecified atom stereocenters. The highest BCUT2D eigenvalue weighted by Crippen LogP contribution is 2.25. The van der Waals surface area contributed by atoms with Crippen molar-refractivity contribution >= 4 is 28.1 Å². The number of aryl methyl sites for hydroxylation is 1. The Morgan fingerprint density at radius 2 is 2.00 bits per heavy atom. The van der Waals surface area contributed by atoms with Gasteiger partial charge in [-0.25, -0.2) is 8.42 Å². The molecule has 0 aliphatic carbocycles. The van der Waals surface area contributed by atoms with E-state index in [1.807, 2.05) is 0 Å². The van der Waals surface area contributed by atoms with Crippen molar-refractivity contribution < 1.29 is 13.3 Å². The molecule has 2 N–H and O–H groups in total. The first-order valence-corrected chi connectivity index (χ1v) is 7.65. The lowest BCUT2D eigenvalue weighted by molar-refractivity contribution is -0.385. The van der Waals surface area contributed by atoms with E-state index >= 15 is 0 Å². The quantitative estimate of drug-likeness (QED) is 0.626. The van der Waals surface area contributed by atoms with Gasteiger partial charge in [0.05, 0.1) is 9.82 Å². The maximum atomic E-state index is 12.5. The Labute approximate surface area is 130 Å². The van der Waals surface area contributed by atoms with Crippen molar-refractivity contribution in [3.05, 3.63) is 33.9 Å². The van der Waals surface area contributed by atoms with Gasteiger partial charge in [-0.1, -0.05) is 13.0 Å². The van der Waals surface area contributed by atoms with Gasteiger partial charge in [0.1, 0.15) is 0 Å². The summed E-state index contributed by atoms with van der Waals surface area (Å²) in [6, 6.07) is 3.51. The smallest absolute Gasteiger partial charge is 0.270 e. The summed E-state index contributed by atoms with van der Waals surface area (Å²) in [6.45, 7) is 3.65. The zero-order valence-electron chi connectivity index (χ0n) is 12.1. The molecule has 0 heterocycles. The number of nitro groups is 1. The molecule has 0 amide bonds. The van der Waals surface area contributed by atoms with Crippen LogP contribution in [0.15, 0.2) is 23.1 Å². The molecule has 120 valence electrons. The van der Waals surface area contributed by atoms with E-state index in [0.29, 0.717) is 12.0 Å². The number of hydrogen-bond donors (Lipinski definition) is 1. The van der Waals surface area contributed by atoms with Gasteiger partial charge in [0.2, 0.25) is 10.0 Å². The molecule has 7 nitrogen and oxygen atoms in total. The predicted molar refractivity (Wildman–Crippen MR) is 83.2 cm³/mol. The summed E-state index contributed by atoms with van der Waals surface area (Å²) >= 11 is 0. The third-order valence-corrected chi connectivity index (χ3v) is 5.32. The van der Waals surface area contributed by atoms with E-state index in [0.717, 1.165) is 10.4 Å². The molecular weight excluding hydrogens is 318 g/mol. The van der Waals surface area contributed by atoms with Gasteiger partial charge in [0.25, 0.3) is 5.69 Å². The Bertz CT molecular complexity index is 607. The van der Waals surface area contributed by atoms with Crippen molar-refractivity contribution in [2.75, 3.05) is 13.6 Å². The van der Waals surface area contributed by atoms with Crippen LogP contribution in [0.25, 0.3) is 0 Å². The lowest BCUT2D eigenvalue weighted by atomic mass is 10.1.